The lowest BCUT2D eigenvalue weighted by molar-refractivity contribution is -0.150. The second-order valence-corrected chi connectivity index (χ2v) is 5.87. The Balaban J connectivity index is 2.33. The van der Waals surface area contributed by atoms with E-state index >= 15 is 0 Å². The molecular weight excluding hydrogens is 282 g/mol. The highest BCUT2D eigenvalue weighted by molar-refractivity contribution is 5.81. The Morgan fingerprint density at radius 2 is 1.64 bits per heavy atom. The monoisotopic (exact) mass is 307 g/mol. The van der Waals surface area contributed by atoms with Crippen molar-refractivity contribution in [2.24, 2.45) is 5.92 Å². The normalized spacial score (nSPS) is 11.9. The predicted octanol–water partition coefficient (Wildman–Crippen LogP) is 2.39. The molecule has 122 valence electrons. The summed E-state index contributed by atoms with van der Waals surface area (Å²) in [5.74, 6) is 0.0762. The van der Waals surface area contributed by atoms with Gasteiger partial charge in [0.1, 0.15) is 5.75 Å². The van der Waals surface area contributed by atoms with Crippen molar-refractivity contribution >= 4 is 11.9 Å². The van der Waals surface area contributed by atoms with E-state index in [1.807, 2.05) is 52.8 Å². The van der Waals surface area contributed by atoms with Crippen LogP contribution in [-0.2, 0) is 14.3 Å². The fraction of sp³-hybridized carbons (Fsp3) is 0.529. The van der Waals surface area contributed by atoms with Gasteiger partial charge in [-0.25, -0.2) is 4.79 Å². The fourth-order valence-corrected chi connectivity index (χ4v) is 1.81. The molecule has 0 aromatic heterocycles. The lowest BCUT2D eigenvalue weighted by Gasteiger charge is -2.17. The van der Waals surface area contributed by atoms with Crippen molar-refractivity contribution in [1.82, 2.24) is 5.32 Å². The van der Waals surface area contributed by atoms with Crippen molar-refractivity contribution in [3.63, 3.8) is 0 Å². The molecular formula is C17H25NO4. The van der Waals surface area contributed by atoms with Gasteiger partial charge in [0.05, 0.1) is 0 Å². The van der Waals surface area contributed by atoms with Crippen molar-refractivity contribution < 1.29 is 19.1 Å². The van der Waals surface area contributed by atoms with E-state index in [0.29, 0.717) is 11.7 Å². The molecule has 1 aromatic carbocycles. The molecule has 0 aliphatic heterocycles. The summed E-state index contributed by atoms with van der Waals surface area (Å²) in [6.07, 6.45) is 0. The topological polar surface area (TPSA) is 64.6 Å². The molecule has 0 saturated heterocycles. The molecule has 1 rings (SSSR count). The van der Waals surface area contributed by atoms with E-state index in [2.05, 4.69) is 5.32 Å². The molecule has 0 aliphatic carbocycles. The zero-order valence-electron chi connectivity index (χ0n) is 13.9. The van der Waals surface area contributed by atoms with E-state index in [-0.39, 0.29) is 25.2 Å². The summed E-state index contributed by atoms with van der Waals surface area (Å²) in [5, 5.41) is 2.77. The lowest BCUT2D eigenvalue weighted by Crippen LogP contribution is -2.39. The molecule has 0 spiro atoms. The number of amides is 1. The van der Waals surface area contributed by atoms with Crippen LogP contribution in [0.4, 0.5) is 0 Å². The Hall–Kier alpha value is -2.04. The minimum Gasteiger partial charge on any atom is -0.482 e. The third-order valence-corrected chi connectivity index (χ3v) is 3.30. The maximum absolute atomic E-state index is 11.6. The highest BCUT2D eigenvalue weighted by Crippen LogP contribution is 2.16. The van der Waals surface area contributed by atoms with Gasteiger partial charge in [-0.1, -0.05) is 19.9 Å². The average molecular weight is 307 g/mol. The molecule has 1 N–H and O–H groups in total. The van der Waals surface area contributed by atoms with Crippen LogP contribution < -0.4 is 10.1 Å². The molecule has 5 heteroatoms. The number of carbonyl (C=O) groups is 2. The number of benzene rings is 1. The van der Waals surface area contributed by atoms with Crippen LogP contribution in [0.15, 0.2) is 18.2 Å². The Morgan fingerprint density at radius 1 is 1.05 bits per heavy atom. The third-order valence-electron chi connectivity index (χ3n) is 3.30. The molecule has 0 saturated carbocycles. The minimum absolute atomic E-state index is 0.0396. The maximum atomic E-state index is 11.6. The van der Waals surface area contributed by atoms with E-state index in [0.717, 1.165) is 11.1 Å². The summed E-state index contributed by atoms with van der Waals surface area (Å²) in [7, 11) is 0. The minimum atomic E-state index is -0.563. The van der Waals surface area contributed by atoms with Crippen molar-refractivity contribution in [3.05, 3.63) is 29.3 Å². The first kappa shape index (κ1) is 18.0. The molecule has 0 unspecified atom stereocenters. The van der Waals surface area contributed by atoms with Crippen LogP contribution in [0.2, 0.25) is 0 Å². The first-order valence-electron chi connectivity index (χ1n) is 7.44. The highest BCUT2D eigenvalue weighted by Gasteiger charge is 2.13. The largest absolute Gasteiger partial charge is 0.482 e. The van der Waals surface area contributed by atoms with Crippen molar-refractivity contribution in [1.29, 1.82) is 0 Å². The summed E-state index contributed by atoms with van der Waals surface area (Å²) < 4.78 is 10.3. The zero-order chi connectivity index (χ0) is 16.7. The van der Waals surface area contributed by atoms with Gasteiger partial charge in [0.2, 0.25) is 0 Å². The van der Waals surface area contributed by atoms with Gasteiger partial charge < -0.3 is 14.8 Å². The second kappa shape index (κ2) is 8.41. The molecule has 5 nitrogen and oxygen atoms in total. The zero-order valence-corrected chi connectivity index (χ0v) is 13.9. The van der Waals surface area contributed by atoms with Gasteiger partial charge in [-0.2, -0.15) is 0 Å². The average Bonchev–Trinajstić information content (AvgIpc) is 2.41. The number of esters is 1. The van der Waals surface area contributed by atoms with Gasteiger partial charge >= 0.3 is 5.97 Å². The molecule has 0 heterocycles. The van der Waals surface area contributed by atoms with E-state index in [1.165, 1.54) is 0 Å². The summed E-state index contributed by atoms with van der Waals surface area (Å²) in [4.78, 5) is 23.2. The van der Waals surface area contributed by atoms with Crippen LogP contribution in [0.1, 0.15) is 31.9 Å². The van der Waals surface area contributed by atoms with Crippen molar-refractivity contribution in [2.75, 3.05) is 13.2 Å². The smallest absolute Gasteiger partial charge is 0.344 e. The predicted molar refractivity (Wildman–Crippen MR) is 84.8 cm³/mol. The third kappa shape index (κ3) is 6.61. The van der Waals surface area contributed by atoms with Crippen molar-refractivity contribution in [3.8, 4) is 5.75 Å². The molecule has 0 bridgehead atoms. The van der Waals surface area contributed by atoms with Gasteiger partial charge in [-0.3, -0.25) is 4.79 Å². The van der Waals surface area contributed by atoms with Crippen LogP contribution in [0, 0.1) is 19.8 Å². The molecule has 1 aromatic rings. The van der Waals surface area contributed by atoms with Crippen LogP contribution in [-0.4, -0.2) is 31.1 Å². The maximum Gasteiger partial charge on any atom is 0.344 e. The summed E-state index contributed by atoms with van der Waals surface area (Å²) in [6, 6.07) is 5.75. The summed E-state index contributed by atoms with van der Waals surface area (Å²) in [5.41, 5.74) is 2.12. The number of aryl methyl sites for hydroxylation is 2. The lowest BCUT2D eigenvalue weighted by atomic mass is 10.1. The van der Waals surface area contributed by atoms with Crippen LogP contribution in [0.3, 0.4) is 0 Å². The molecule has 0 fully saturated rings. The molecule has 22 heavy (non-hydrogen) atoms. The Kier molecular flexibility index (Phi) is 6.89. The standard InChI is InChI=1S/C17H25NO4/c1-11(2)14(5)18-16(19)9-22-17(20)10-21-15-7-12(3)6-13(4)8-15/h6-8,11,14H,9-10H2,1-5H3,(H,18,19)/t14-/m1/s1. The van der Waals surface area contributed by atoms with Gasteiger partial charge in [0, 0.05) is 6.04 Å². The van der Waals surface area contributed by atoms with E-state index in [4.69, 9.17) is 9.47 Å². The SMILES string of the molecule is Cc1cc(C)cc(OCC(=O)OCC(=O)N[C@H](C)C(C)C)c1. The van der Waals surface area contributed by atoms with Gasteiger partial charge in [0.25, 0.3) is 5.91 Å². The first-order valence-corrected chi connectivity index (χ1v) is 7.44. The van der Waals surface area contributed by atoms with Gasteiger partial charge in [0.15, 0.2) is 13.2 Å². The van der Waals surface area contributed by atoms with Crippen LogP contribution in [0.25, 0.3) is 0 Å². The van der Waals surface area contributed by atoms with Crippen LogP contribution in [0.5, 0.6) is 5.75 Å². The van der Waals surface area contributed by atoms with Crippen LogP contribution >= 0.6 is 0 Å². The highest BCUT2D eigenvalue weighted by atomic mass is 16.6. The number of hydrogen-bond donors (Lipinski definition) is 1. The molecule has 0 aliphatic rings. The fourth-order valence-electron chi connectivity index (χ4n) is 1.81. The number of hydrogen-bond acceptors (Lipinski definition) is 4. The number of ether oxygens (including phenoxy) is 2. The number of rotatable bonds is 7. The van der Waals surface area contributed by atoms with Gasteiger partial charge in [-0.15, -0.1) is 0 Å². The number of carbonyl (C=O) groups excluding carboxylic acids is 2. The summed E-state index contributed by atoms with van der Waals surface area (Å²) >= 11 is 0. The van der Waals surface area contributed by atoms with Crippen molar-refractivity contribution in [2.45, 2.75) is 40.7 Å². The Morgan fingerprint density at radius 3 is 2.18 bits per heavy atom. The Bertz CT molecular complexity index is 505. The van der Waals surface area contributed by atoms with E-state index in [1.54, 1.807) is 0 Å². The molecule has 0 radical (unpaired) electrons. The number of nitrogens with one attached hydrogen (secondary N) is 1. The van der Waals surface area contributed by atoms with Gasteiger partial charge in [-0.05, 0) is 49.9 Å². The molecule has 1 amide bonds. The first-order chi connectivity index (χ1) is 10.3. The molecule has 1 atom stereocenters. The summed E-state index contributed by atoms with van der Waals surface area (Å²) in [6.45, 7) is 9.34. The Labute approximate surface area is 132 Å². The van der Waals surface area contributed by atoms with E-state index in [9.17, 15) is 9.59 Å². The quantitative estimate of drug-likeness (QED) is 0.786. The second-order valence-electron chi connectivity index (χ2n) is 5.87. The van der Waals surface area contributed by atoms with E-state index < -0.39 is 5.97 Å².